The van der Waals surface area contributed by atoms with E-state index in [1.54, 1.807) is 6.07 Å². The summed E-state index contributed by atoms with van der Waals surface area (Å²) < 4.78 is 6.21. The Morgan fingerprint density at radius 1 is 1.03 bits per heavy atom. The first-order chi connectivity index (χ1) is 15.1. The van der Waals surface area contributed by atoms with Gasteiger partial charge in [0.15, 0.2) is 5.72 Å². The van der Waals surface area contributed by atoms with Gasteiger partial charge in [0.25, 0.3) is 5.91 Å². The van der Waals surface area contributed by atoms with Crippen LogP contribution in [0, 0.1) is 0 Å². The summed E-state index contributed by atoms with van der Waals surface area (Å²) >= 11 is 0. The number of hydrogen-bond acceptors (Lipinski definition) is 4. The van der Waals surface area contributed by atoms with Crippen molar-refractivity contribution in [1.82, 2.24) is 15.1 Å². The molecule has 0 aliphatic carbocycles. The van der Waals surface area contributed by atoms with Crippen molar-refractivity contribution in [2.24, 2.45) is 0 Å². The SMILES string of the molecule is O=C1NC2(CCN(CC(=O)N3CCC[C@@H](c4ccccc4)C3)CC2)Oc2ccccc21. The number of carbonyl (C=O) groups is 2. The molecular weight excluding hydrogens is 390 g/mol. The highest BCUT2D eigenvalue weighted by Crippen LogP contribution is 2.33. The smallest absolute Gasteiger partial charge is 0.258 e. The van der Waals surface area contributed by atoms with E-state index >= 15 is 0 Å². The normalized spacial score (nSPS) is 23.0. The van der Waals surface area contributed by atoms with Crippen LogP contribution in [0.4, 0.5) is 0 Å². The van der Waals surface area contributed by atoms with Crippen LogP contribution in [0.5, 0.6) is 5.75 Å². The minimum absolute atomic E-state index is 0.0772. The van der Waals surface area contributed by atoms with Gasteiger partial charge in [-0.05, 0) is 30.5 Å². The standard InChI is InChI=1S/C25H29N3O3/c29-23(28-14-6-9-20(17-28)19-7-2-1-3-8-19)18-27-15-12-25(13-16-27)26-24(30)21-10-4-5-11-22(21)31-25/h1-5,7-8,10-11,20H,6,9,12-18H2,(H,26,30)/t20-/m1/s1. The molecule has 0 radical (unpaired) electrons. The number of benzene rings is 2. The molecular formula is C25H29N3O3. The number of nitrogens with zero attached hydrogens (tertiary/aromatic N) is 2. The molecule has 2 saturated heterocycles. The summed E-state index contributed by atoms with van der Waals surface area (Å²) in [6, 6.07) is 17.9. The number of rotatable bonds is 3. The molecule has 2 aromatic carbocycles. The van der Waals surface area contributed by atoms with Crippen molar-refractivity contribution in [3.63, 3.8) is 0 Å². The first-order valence-corrected chi connectivity index (χ1v) is 11.3. The molecule has 5 rings (SSSR count). The van der Waals surface area contributed by atoms with E-state index in [1.165, 1.54) is 5.56 Å². The fourth-order valence-electron chi connectivity index (χ4n) is 5.05. The first kappa shape index (κ1) is 20.1. The molecule has 2 fully saturated rings. The summed E-state index contributed by atoms with van der Waals surface area (Å²) in [7, 11) is 0. The predicted molar refractivity (Wildman–Crippen MR) is 118 cm³/mol. The lowest BCUT2D eigenvalue weighted by Crippen LogP contribution is -2.61. The second kappa shape index (κ2) is 8.35. The number of hydrogen-bond donors (Lipinski definition) is 1. The zero-order chi connectivity index (χ0) is 21.3. The fraction of sp³-hybridized carbons (Fsp3) is 0.440. The molecule has 6 heteroatoms. The third kappa shape index (κ3) is 4.17. The monoisotopic (exact) mass is 419 g/mol. The van der Waals surface area contributed by atoms with E-state index in [0.29, 0.717) is 36.6 Å². The molecule has 0 saturated carbocycles. The minimum atomic E-state index is -0.658. The van der Waals surface area contributed by atoms with Gasteiger partial charge in [-0.1, -0.05) is 42.5 Å². The second-order valence-electron chi connectivity index (χ2n) is 8.91. The molecule has 3 aliphatic heterocycles. The zero-order valence-corrected chi connectivity index (χ0v) is 17.8. The van der Waals surface area contributed by atoms with E-state index in [-0.39, 0.29) is 11.8 Å². The average molecular weight is 420 g/mol. The van der Waals surface area contributed by atoms with E-state index in [0.717, 1.165) is 39.0 Å². The minimum Gasteiger partial charge on any atom is -0.467 e. The highest BCUT2D eigenvalue weighted by molar-refractivity contribution is 5.98. The maximum atomic E-state index is 13.0. The molecule has 2 aromatic rings. The number of likely N-dealkylation sites (tertiary alicyclic amines) is 2. The molecule has 1 atom stereocenters. The van der Waals surface area contributed by atoms with Gasteiger partial charge < -0.3 is 15.0 Å². The van der Waals surface area contributed by atoms with Gasteiger partial charge in [0.1, 0.15) is 5.75 Å². The number of fused-ring (bicyclic) bond motifs is 1. The van der Waals surface area contributed by atoms with Gasteiger partial charge in [-0.3, -0.25) is 14.5 Å². The molecule has 2 amide bonds. The second-order valence-corrected chi connectivity index (χ2v) is 8.91. The number of piperidine rings is 2. The lowest BCUT2D eigenvalue weighted by atomic mass is 9.90. The molecule has 0 bridgehead atoms. The highest BCUT2D eigenvalue weighted by atomic mass is 16.5. The maximum absolute atomic E-state index is 13.0. The number of ether oxygens (including phenoxy) is 1. The van der Waals surface area contributed by atoms with Gasteiger partial charge >= 0.3 is 0 Å². The lowest BCUT2D eigenvalue weighted by Gasteiger charge is -2.44. The molecule has 0 aromatic heterocycles. The third-order valence-corrected chi connectivity index (χ3v) is 6.85. The van der Waals surface area contributed by atoms with Crippen molar-refractivity contribution in [3.8, 4) is 5.75 Å². The Kier molecular flexibility index (Phi) is 5.40. The van der Waals surface area contributed by atoms with Crippen LogP contribution in [0.1, 0.15) is 47.5 Å². The Labute approximate surface area is 183 Å². The van der Waals surface area contributed by atoms with E-state index in [4.69, 9.17) is 4.74 Å². The molecule has 0 unspecified atom stereocenters. The molecule has 6 nitrogen and oxygen atoms in total. The van der Waals surface area contributed by atoms with Crippen molar-refractivity contribution in [3.05, 3.63) is 65.7 Å². The van der Waals surface area contributed by atoms with Gasteiger partial charge in [0.2, 0.25) is 5.91 Å². The topological polar surface area (TPSA) is 61.9 Å². The van der Waals surface area contributed by atoms with E-state index in [2.05, 4.69) is 34.5 Å². The van der Waals surface area contributed by atoms with Crippen LogP contribution in [0.3, 0.4) is 0 Å². The summed E-state index contributed by atoms with van der Waals surface area (Å²) in [4.78, 5) is 29.7. The van der Waals surface area contributed by atoms with Crippen molar-refractivity contribution in [2.75, 3.05) is 32.7 Å². The van der Waals surface area contributed by atoms with Crippen molar-refractivity contribution in [1.29, 1.82) is 0 Å². The quantitative estimate of drug-likeness (QED) is 0.831. The zero-order valence-electron chi connectivity index (χ0n) is 17.8. The van der Waals surface area contributed by atoms with Crippen LogP contribution in [-0.4, -0.2) is 60.1 Å². The van der Waals surface area contributed by atoms with Gasteiger partial charge in [-0.2, -0.15) is 0 Å². The van der Waals surface area contributed by atoms with Crippen LogP contribution in [0.15, 0.2) is 54.6 Å². The maximum Gasteiger partial charge on any atom is 0.258 e. The van der Waals surface area contributed by atoms with Gasteiger partial charge in [-0.15, -0.1) is 0 Å². The van der Waals surface area contributed by atoms with Crippen LogP contribution in [0.2, 0.25) is 0 Å². The van der Waals surface area contributed by atoms with Crippen LogP contribution < -0.4 is 10.1 Å². The number of nitrogens with one attached hydrogen (secondary N) is 1. The van der Waals surface area contributed by atoms with E-state index < -0.39 is 5.72 Å². The number of amides is 2. The Balaban J connectivity index is 1.17. The van der Waals surface area contributed by atoms with Gasteiger partial charge in [-0.25, -0.2) is 0 Å². The third-order valence-electron chi connectivity index (χ3n) is 6.85. The summed E-state index contributed by atoms with van der Waals surface area (Å²) in [6.45, 7) is 3.53. The summed E-state index contributed by atoms with van der Waals surface area (Å²) in [5.41, 5.74) is 1.25. The van der Waals surface area contributed by atoms with Gasteiger partial charge in [0.05, 0.1) is 12.1 Å². The number of carbonyl (C=O) groups excluding carboxylic acids is 2. The van der Waals surface area contributed by atoms with Gasteiger partial charge in [0, 0.05) is 44.9 Å². The van der Waals surface area contributed by atoms with E-state index in [9.17, 15) is 9.59 Å². The van der Waals surface area contributed by atoms with E-state index in [1.807, 2.05) is 29.2 Å². The molecule has 3 heterocycles. The molecule has 1 spiro atoms. The Hall–Kier alpha value is -2.86. The van der Waals surface area contributed by atoms with Crippen molar-refractivity contribution in [2.45, 2.75) is 37.3 Å². The van der Waals surface area contributed by atoms with Crippen LogP contribution in [-0.2, 0) is 4.79 Å². The van der Waals surface area contributed by atoms with Crippen LogP contribution >= 0.6 is 0 Å². The molecule has 1 N–H and O–H groups in total. The number of para-hydroxylation sites is 1. The molecule has 162 valence electrons. The van der Waals surface area contributed by atoms with Crippen LogP contribution in [0.25, 0.3) is 0 Å². The molecule has 3 aliphatic rings. The Bertz CT molecular complexity index is 953. The summed E-state index contributed by atoms with van der Waals surface area (Å²) in [5.74, 6) is 1.20. The highest BCUT2D eigenvalue weighted by Gasteiger charge is 2.42. The molecule has 31 heavy (non-hydrogen) atoms. The van der Waals surface area contributed by atoms with Crippen molar-refractivity contribution >= 4 is 11.8 Å². The first-order valence-electron chi connectivity index (χ1n) is 11.3. The summed E-state index contributed by atoms with van der Waals surface area (Å²) in [5, 5.41) is 3.07. The lowest BCUT2D eigenvalue weighted by molar-refractivity contribution is -0.134. The van der Waals surface area contributed by atoms with Crippen molar-refractivity contribution < 1.29 is 14.3 Å². The largest absolute Gasteiger partial charge is 0.467 e. The Morgan fingerprint density at radius 2 is 1.77 bits per heavy atom. The Morgan fingerprint density at radius 3 is 2.58 bits per heavy atom. The predicted octanol–water partition coefficient (Wildman–Crippen LogP) is 3.01. The fourth-order valence-corrected chi connectivity index (χ4v) is 5.05. The summed E-state index contributed by atoms with van der Waals surface area (Å²) in [6.07, 6.45) is 3.53. The average Bonchev–Trinajstić information content (AvgIpc) is 2.81.